The van der Waals surface area contributed by atoms with Crippen molar-refractivity contribution in [2.45, 2.75) is 71.0 Å². The molecule has 2 aliphatic rings. The first-order valence-electron chi connectivity index (χ1n) is 17.1. The van der Waals surface area contributed by atoms with E-state index in [-0.39, 0.29) is 17.9 Å². The van der Waals surface area contributed by atoms with Crippen molar-refractivity contribution in [1.82, 2.24) is 20.2 Å². The SMILES string of the molecule is CCOc1ncnc(OCC)c1N(CCCCN1CCC(NC(=O)c2ccccc2-c2ccc(C(F)(F)F)cc2)CC1)C(=O)C1=CCCC1. The molecule has 12 heteroatoms. The standard InChI is InChI=1S/C37H44F3N5O4/c1-3-48-34-32(35(49-4-2)42-25-41-34)45(36(47)27-11-5-6-12-27)22-10-9-21-44-23-19-29(20-24-44)43-33(46)31-14-8-7-13-30(31)26-15-17-28(18-16-26)37(38,39)40/h7-8,11,13-18,25,29H,3-6,9-10,12,19-24H2,1-2H3,(H,43,46). The lowest BCUT2D eigenvalue weighted by atomic mass is 9.97. The summed E-state index contributed by atoms with van der Waals surface area (Å²) in [5.41, 5.74) is 2.11. The van der Waals surface area contributed by atoms with Gasteiger partial charge in [-0.3, -0.25) is 14.5 Å². The van der Waals surface area contributed by atoms with Crippen molar-refractivity contribution in [2.24, 2.45) is 0 Å². The summed E-state index contributed by atoms with van der Waals surface area (Å²) < 4.78 is 50.8. The van der Waals surface area contributed by atoms with Gasteiger partial charge >= 0.3 is 6.18 Å². The van der Waals surface area contributed by atoms with Crippen molar-refractivity contribution in [3.8, 4) is 22.9 Å². The van der Waals surface area contributed by atoms with Gasteiger partial charge in [-0.15, -0.1) is 0 Å². The number of nitrogens with one attached hydrogen (secondary N) is 1. The molecule has 0 saturated carbocycles. The summed E-state index contributed by atoms with van der Waals surface area (Å²) in [6, 6.07) is 11.8. The smallest absolute Gasteiger partial charge is 0.416 e. The summed E-state index contributed by atoms with van der Waals surface area (Å²) >= 11 is 0. The van der Waals surface area contributed by atoms with Crippen LogP contribution in [0, 0.1) is 0 Å². The fourth-order valence-electron chi connectivity index (χ4n) is 6.36. The van der Waals surface area contributed by atoms with E-state index in [1.807, 2.05) is 19.9 Å². The lowest BCUT2D eigenvalue weighted by Gasteiger charge is -2.32. The topological polar surface area (TPSA) is 96.9 Å². The van der Waals surface area contributed by atoms with Gasteiger partial charge in [0, 0.05) is 36.8 Å². The first-order chi connectivity index (χ1) is 23.7. The minimum absolute atomic E-state index is 0.00994. The number of amides is 2. The highest BCUT2D eigenvalue weighted by Crippen LogP contribution is 2.37. The van der Waals surface area contributed by atoms with Gasteiger partial charge < -0.3 is 19.7 Å². The highest BCUT2D eigenvalue weighted by molar-refractivity contribution is 6.07. The van der Waals surface area contributed by atoms with Crippen LogP contribution >= 0.6 is 0 Å². The van der Waals surface area contributed by atoms with Crippen molar-refractivity contribution in [2.75, 3.05) is 44.3 Å². The molecule has 0 spiro atoms. The zero-order valence-electron chi connectivity index (χ0n) is 28.1. The Balaban J connectivity index is 1.15. The number of ether oxygens (including phenoxy) is 2. The van der Waals surface area contributed by atoms with Crippen LogP contribution in [0.1, 0.15) is 74.7 Å². The lowest BCUT2D eigenvalue weighted by Crippen LogP contribution is -2.45. The number of unbranched alkanes of at least 4 members (excludes halogenated alkanes) is 1. The van der Waals surface area contributed by atoms with Gasteiger partial charge in [0.05, 0.1) is 18.8 Å². The molecule has 2 amide bonds. The number of carbonyl (C=O) groups is 2. The van der Waals surface area contributed by atoms with E-state index in [1.54, 1.807) is 29.2 Å². The Bertz CT molecular complexity index is 1580. The van der Waals surface area contributed by atoms with Crippen LogP contribution in [0.15, 0.2) is 66.5 Å². The quantitative estimate of drug-likeness (QED) is 0.182. The second kappa shape index (κ2) is 16.8. The van der Waals surface area contributed by atoms with E-state index < -0.39 is 11.7 Å². The van der Waals surface area contributed by atoms with E-state index in [0.717, 1.165) is 82.3 Å². The van der Waals surface area contributed by atoms with Gasteiger partial charge in [-0.2, -0.15) is 23.1 Å². The van der Waals surface area contributed by atoms with Crippen molar-refractivity contribution in [3.05, 3.63) is 77.6 Å². The van der Waals surface area contributed by atoms with Gasteiger partial charge in [0.25, 0.3) is 11.8 Å². The molecule has 0 radical (unpaired) electrons. The lowest BCUT2D eigenvalue weighted by molar-refractivity contribution is -0.137. The number of likely N-dealkylation sites (tertiary alicyclic amines) is 1. The van der Waals surface area contributed by atoms with Gasteiger partial charge in [0.1, 0.15) is 6.33 Å². The molecule has 1 aromatic heterocycles. The number of carbonyl (C=O) groups excluding carboxylic acids is 2. The van der Waals surface area contributed by atoms with Crippen LogP contribution in [0.5, 0.6) is 11.8 Å². The average Bonchev–Trinajstić information content (AvgIpc) is 3.65. The Hall–Kier alpha value is -4.45. The molecule has 3 aromatic rings. The summed E-state index contributed by atoms with van der Waals surface area (Å²) in [6.07, 6.45) is 4.74. The number of hydrogen-bond acceptors (Lipinski definition) is 7. The van der Waals surface area contributed by atoms with E-state index in [2.05, 4.69) is 20.2 Å². The predicted molar refractivity (Wildman–Crippen MR) is 182 cm³/mol. The molecule has 1 fully saturated rings. The molecular formula is C37H44F3N5O4. The molecule has 2 aromatic carbocycles. The third-order valence-corrected chi connectivity index (χ3v) is 8.87. The highest BCUT2D eigenvalue weighted by Gasteiger charge is 2.31. The molecule has 1 saturated heterocycles. The van der Waals surface area contributed by atoms with Crippen LogP contribution in [-0.4, -0.2) is 72.1 Å². The second-order valence-electron chi connectivity index (χ2n) is 12.2. The van der Waals surface area contributed by atoms with Gasteiger partial charge in [-0.25, -0.2) is 0 Å². The Morgan fingerprint density at radius 3 is 2.24 bits per heavy atom. The first kappa shape index (κ1) is 35.8. The summed E-state index contributed by atoms with van der Waals surface area (Å²) in [6.45, 7) is 7.47. The van der Waals surface area contributed by atoms with Gasteiger partial charge in [-0.05, 0) is 94.7 Å². The monoisotopic (exact) mass is 679 g/mol. The fraction of sp³-hybridized carbons (Fsp3) is 0.459. The second-order valence-corrected chi connectivity index (χ2v) is 12.2. The van der Waals surface area contributed by atoms with Crippen LogP contribution in [0.4, 0.5) is 18.9 Å². The fourth-order valence-corrected chi connectivity index (χ4v) is 6.36. The molecule has 0 atom stereocenters. The largest absolute Gasteiger partial charge is 0.476 e. The maximum Gasteiger partial charge on any atom is 0.416 e. The number of halogens is 3. The Morgan fingerprint density at radius 2 is 1.63 bits per heavy atom. The zero-order valence-corrected chi connectivity index (χ0v) is 28.1. The normalized spacial score (nSPS) is 15.5. The van der Waals surface area contributed by atoms with Gasteiger partial charge in [0.15, 0.2) is 5.69 Å². The van der Waals surface area contributed by atoms with Gasteiger partial charge in [-0.1, -0.05) is 36.4 Å². The molecule has 1 N–H and O–H groups in total. The van der Waals surface area contributed by atoms with E-state index in [9.17, 15) is 22.8 Å². The number of hydrogen-bond donors (Lipinski definition) is 1. The van der Waals surface area contributed by atoms with Crippen LogP contribution in [-0.2, 0) is 11.0 Å². The molecule has 0 bridgehead atoms. The Kier molecular flexibility index (Phi) is 12.3. The number of benzene rings is 2. The number of anilines is 1. The predicted octanol–water partition coefficient (Wildman–Crippen LogP) is 7.08. The summed E-state index contributed by atoms with van der Waals surface area (Å²) in [5, 5.41) is 3.14. The number of allylic oxidation sites excluding steroid dienone is 1. The number of nitrogens with zero attached hydrogens (tertiary/aromatic N) is 4. The summed E-state index contributed by atoms with van der Waals surface area (Å²) in [5.74, 6) is 0.363. The Morgan fingerprint density at radius 1 is 0.959 bits per heavy atom. The number of piperidine rings is 1. The van der Waals surface area contributed by atoms with E-state index >= 15 is 0 Å². The van der Waals surface area contributed by atoms with Crippen molar-refractivity contribution in [1.29, 1.82) is 0 Å². The molecule has 262 valence electrons. The average molecular weight is 680 g/mol. The van der Waals surface area contributed by atoms with Gasteiger partial charge in [0.2, 0.25) is 11.8 Å². The molecule has 0 unspecified atom stereocenters. The third-order valence-electron chi connectivity index (χ3n) is 8.87. The van der Waals surface area contributed by atoms with Crippen molar-refractivity contribution in [3.63, 3.8) is 0 Å². The summed E-state index contributed by atoms with van der Waals surface area (Å²) in [7, 11) is 0. The molecular weight excluding hydrogens is 635 g/mol. The molecule has 49 heavy (non-hydrogen) atoms. The van der Waals surface area contributed by atoms with E-state index in [4.69, 9.17) is 9.47 Å². The van der Waals surface area contributed by atoms with Crippen molar-refractivity contribution < 1.29 is 32.2 Å². The first-order valence-corrected chi connectivity index (χ1v) is 17.1. The molecule has 2 heterocycles. The summed E-state index contributed by atoms with van der Waals surface area (Å²) in [4.78, 5) is 39.8. The van der Waals surface area contributed by atoms with Crippen molar-refractivity contribution >= 4 is 17.5 Å². The zero-order chi connectivity index (χ0) is 34.8. The minimum atomic E-state index is -4.42. The minimum Gasteiger partial charge on any atom is -0.476 e. The molecule has 5 rings (SSSR count). The Labute approximate surface area is 285 Å². The highest BCUT2D eigenvalue weighted by atomic mass is 19.4. The maximum absolute atomic E-state index is 13.7. The third kappa shape index (κ3) is 9.17. The number of rotatable bonds is 14. The van der Waals surface area contributed by atoms with Crippen LogP contribution in [0.25, 0.3) is 11.1 Å². The molecule has 9 nitrogen and oxygen atoms in total. The number of alkyl halides is 3. The molecule has 1 aliphatic heterocycles. The van der Waals surface area contributed by atoms with Crippen LogP contribution in [0.3, 0.4) is 0 Å². The van der Waals surface area contributed by atoms with Crippen LogP contribution < -0.4 is 19.7 Å². The maximum atomic E-state index is 13.7. The van der Waals surface area contributed by atoms with E-state index in [0.29, 0.717) is 53.9 Å². The van der Waals surface area contributed by atoms with Crippen LogP contribution in [0.2, 0.25) is 0 Å². The number of aromatic nitrogens is 2. The van der Waals surface area contributed by atoms with E-state index in [1.165, 1.54) is 18.5 Å². The molecule has 1 aliphatic carbocycles.